The average molecular weight is 495 g/mol. The number of fused-ring (bicyclic) bond motifs is 1. The molecule has 1 amide bonds. The van der Waals surface area contributed by atoms with E-state index in [1.165, 1.54) is 18.4 Å². The minimum atomic E-state index is -3.49. The highest BCUT2D eigenvalue weighted by molar-refractivity contribution is 7.98. The van der Waals surface area contributed by atoms with Gasteiger partial charge in [0.25, 0.3) is 5.91 Å². The molecule has 2 heterocycles. The molecule has 0 radical (unpaired) electrons. The number of pyridine rings is 1. The van der Waals surface area contributed by atoms with Gasteiger partial charge in [-0.1, -0.05) is 30.3 Å². The molecule has 7 nitrogen and oxygen atoms in total. The molecule has 1 atom stereocenters. The van der Waals surface area contributed by atoms with Gasteiger partial charge < -0.3 is 9.72 Å². The van der Waals surface area contributed by atoms with Crippen molar-refractivity contribution in [2.24, 2.45) is 0 Å². The smallest absolute Gasteiger partial charge is 0.252 e. The zero-order chi connectivity index (χ0) is 24.3. The van der Waals surface area contributed by atoms with E-state index in [2.05, 4.69) is 10.3 Å². The molecule has 1 N–H and O–H groups in total. The number of carbonyl (C=O) groups excluding carboxylic acids is 1. The molecule has 0 fully saturated rings. The molecule has 0 spiro atoms. The van der Waals surface area contributed by atoms with Crippen molar-refractivity contribution >= 4 is 33.3 Å². The molecule has 9 heteroatoms. The third kappa shape index (κ3) is 5.16. The van der Waals surface area contributed by atoms with Crippen LogP contribution in [0.4, 0.5) is 0 Å². The number of rotatable bonds is 8. The third-order valence-electron chi connectivity index (χ3n) is 5.43. The standard InChI is InChI=1S/C25H26N4O3S2/c1-18(19-11-13-21(14-12-19)34(31,32)28(2)3)26-25(30)22-8-4-5-9-23(22)33-17-20-16-29-15-7-6-10-24(29)27-20/h4-16,18H,17H2,1-3H3,(H,26,30). The minimum absolute atomic E-state index is 0.185. The van der Waals surface area contributed by atoms with E-state index in [0.717, 1.165) is 21.8 Å². The van der Waals surface area contributed by atoms with Crippen LogP contribution in [0.2, 0.25) is 0 Å². The molecule has 0 bridgehead atoms. The van der Waals surface area contributed by atoms with Crippen molar-refractivity contribution in [3.63, 3.8) is 0 Å². The summed E-state index contributed by atoms with van der Waals surface area (Å²) in [5, 5.41) is 3.02. The Morgan fingerprint density at radius 1 is 1.06 bits per heavy atom. The molecule has 0 aliphatic rings. The van der Waals surface area contributed by atoms with Crippen LogP contribution in [0.3, 0.4) is 0 Å². The molecule has 0 aliphatic heterocycles. The third-order valence-corrected chi connectivity index (χ3v) is 8.36. The molecule has 0 saturated heterocycles. The molecule has 0 saturated carbocycles. The number of carbonyl (C=O) groups is 1. The SMILES string of the molecule is CC(NC(=O)c1ccccc1SCc1cn2ccccc2n1)c1ccc(S(=O)(=O)N(C)C)cc1. The fourth-order valence-corrected chi connectivity index (χ4v) is 5.32. The van der Waals surface area contributed by atoms with Crippen LogP contribution in [0.1, 0.15) is 34.6 Å². The van der Waals surface area contributed by atoms with Gasteiger partial charge in [0.05, 0.1) is 22.2 Å². The molecule has 2 aromatic heterocycles. The number of hydrogen-bond acceptors (Lipinski definition) is 5. The number of thioether (sulfide) groups is 1. The van der Waals surface area contributed by atoms with Crippen molar-refractivity contribution in [2.75, 3.05) is 14.1 Å². The average Bonchev–Trinajstić information content (AvgIpc) is 3.26. The highest BCUT2D eigenvalue weighted by Crippen LogP contribution is 2.27. The highest BCUT2D eigenvalue weighted by Gasteiger charge is 2.19. The van der Waals surface area contributed by atoms with Gasteiger partial charge in [-0.15, -0.1) is 11.8 Å². The summed E-state index contributed by atoms with van der Waals surface area (Å²) in [5.41, 5.74) is 3.24. The summed E-state index contributed by atoms with van der Waals surface area (Å²) in [5.74, 6) is 0.458. The first kappa shape index (κ1) is 24.0. The lowest BCUT2D eigenvalue weighted by atomic mass is 10.1. The summed E-state index contributed by atoms with van der Waals surface area (Å²) < 4.78 is 27.7. The first-order chi connectivity index (χ1) is 16.3. The van der Waals surface area contributed by atoms with Gasteiger partial charge in [-0.2, -0.15) is 0 Å². The minimum Gasteiger partial charge on any atom is -0.345 e. The maximum absolute atomic E-state index is 13.1. The Labute approximate surface area is 203 Å². The van der Waals surface area contributed by atoms with Gasteiger partial charge >= 0.3 is 0 Å². The Bertz CT molecular complexity index is 1380. The van der Waals surface area contributed by atoms with Gasteiger partial charge in [-0.05, 0) is 48.9 Å². The number of imidazole rings is 1. The van der Waals surface area contributed by atoms with E-state index in [4.69, 9.17) is 0 Å². The monoisotopic (exact) mass is 494 g/mol. The summed E-state index contributed by atoms with van der Waals surface area (Å²) in [4.78, 5) is 18.8. The van der Waals surface area contributed by atoms with E-state index < -0.39 is 10.0 Å². The molecule has 4 rings (SSSR count). The van der Waals surface area contributed by atoms with Crippen molar-refractivity contribution < 1.29 is 13.2 Å². The van der Waals surface area contributed by atoms with Crippen LogP contribution in [-0.4, -0.2) is 42.1 Å². The fourth-order valence-electron chi connectivity index (χ4n) is 3.49. The summed E-state index contributed by atoms with van der Waals surface area (Å²) in [6.45, 7) is 1.87. The molecular weight excluding hydrogens is 468 g/mol. The first-order valence-corrected chi connectivity index (χ1v) is 13.2. The molecule has 1 unspecified atom stereocenters. The molecule has 4 aromatic rings. The Hall–Kier alpha value is -3.14. The maximum Gasteiger partial charge on any atom is 0.252 e. The summed E-state index contributed by atoms with van der Waals surface area (Å²) in [6.07, 6.45) is 3.95. The quantitative estimate of drug-likeness (QED) is 0.368. The van der Waals surface area contributed by atoms with Gasteiger partial charge in [0.15, 0.2) is 0 Å². The van der Waals surface area contributed by atoms with Crippen molar-refractivity contribution in [3.8, 4) is 0 Å². The number of hydrogen-bond donors (Lipinski definition) is 1. The van der Waals surface area contributed by atoms with Crippen LogP contribution in [0.5, 0.6) is 0 Å². The van der Waals surface area contributed by atoms with Gasteiger partial charge in [0.2, 0.25) is 10.0 Å². The Balaban J connectivity index is 1.45. The lowest BCUT2D eigenvalue weighted by Crippen LogP contribution is -2.27. The predicted molar refractivity (Wildman–Crippen MR) is 134 cm³/mol. The number of sulfonamides is 1. The second-order valence-corrected chi connectivity index (χ2v) is 11.2. The normalized spacial score (nSPS) is 12.7. The predicted octanol–water partition coefficient (Wildman–Crippen LogP) is 4.37. The highest BCUT2D eigenvalue weighted by atomic mass is 32.2. The summed E-state index contributed by atoms with van der Waals surface area (Å²) in [7, 11) is -0.499. The van der Waals surface area contributed by atoms with Gasteiger partial charge in [-0.25, -0.2) is 17.7 Å². The fraction of sp³-hybridized carbons (Fsp3) is 0.200. The van der Waals surface area contributed by atoms with E-state index in [0.29, 0.717) is 11.3 Å². The number of aromatic nitrogens is 2. The topological polar surface area (TPSA) is 83.8 Å². The van der Waals surface area contributed by atoms with Crippen LogP contribution in [0, 0.1) is 0 Å². The first-order valence-electron chi connectivity index (χ1n) is 10.7. The van der Waals surface area contributed by atoms with Crippen molar-refractivity contribution in [1.82, 2.24) is 19.0 Å². The molecular formula is C25H26N4O3S2. The van der Waals surface area contributed by atoms with Crippen LogP contribution in [0.25, 0.3) is 5.65 Å². The van der Waals surface area contributed by atoms with Gasteiger partial charge in [0.1, 0.15) is 5.65 Å². The molecule has 34 heavy (non-hydrogen) atoms. The van der Waals surface area contributed by atoms with E-state index in [-0.39, 0.29) is 16.8 Å². The number of nitrogens with zero attached hydrogens (tertiary/aromatic N) is 3. The molecule has 0 aliphatic carbocycles. The molecule has 2 aromatic carbocycles. The Morgan fingerprint density at radius 2 is 1.76 bits per heavy atom. The lowest BCUT2D eigenvalue weighted by molar-refractivity contribution is 0.0937. The lowest BCUT2D eigenvalue weighted by Gasteiger charge is -2.17. The Morgan fingerprint density at radius 3 is 2.47 bits per heavy atom. The van der Waals surface area contributed by atoms with Gasteiger partial charge in [0, 0.05) is 37.1 Å². The summed E-state index contributed by atoms with van der Waals surface area (Å²) >= 11 is 1.57. The number of benzene rings is 2. The van der Waals surface area contributed by atoms with Crippen LogP contribution >= 0.6 is 11.8 Å². The maximum atomic E-state index is 13.1. The number of amides is 1. The Kier molecular flexibility index (Phi) is 7.06. The largest absolute Gasteiger partial charge is 0.345 e. The zero-order valence-electron chi connectivity index (χ0n) is 19.2. The molecule has 176 valence electrons. The van der Waals surface area contributed by atoms with Crippen molar-refractivity contribution in [3.05, 3.63) is 95.9 Å². The number of nitrogens with one attached hydrogen (secondary N) is 1. The summed E-state index contributed by atoms with van der Waals surface area (Å²) in [6, 6.07) is 19.7. The second-order valence-electron chi connectivity index (χ2n) is 8.03. The van der Waals surface area contributed by atoms with Crippen molar-refractivity contribution in [2.45, 2.75) is 28.5 Å². The van der Waals surface area contributed by atoms with E-state index in [9.17, 15) is 13.2 Å². The van der Waals surface area contributed by atoms with Crippen LogP contribution < -0.4 is 5.32 Å². The van der Waals surface area contributed by atoms with Crippen molar-refractivity contribution in [1.29, 1.82) is 0 Å². The van der Waals surface area contributed by atoms with Crippen LogP contribution in [-0.2, 0) is 15.8 Å². The van der Waals surface area contributed by atoms with Gasteiger partial charge in [-0.3, -0.25) is 4.79 Å². The van der Waals surface area contributed by atoms with E-state index in [1.54, 1.807) is 42.1 Å². The van der Waals surface area contributed by atoms with Crippen LogP contribution in [0.15, 0.2) is 88.9 Å². The van der Waals surface area contributed by atoms with E-state index in [1.807, 2.05) is 60.1 Å². The second kappa shape index (κ2) is 10.0. The zero-order valence-corrected chi connectivity index (χ0v) is 20.8. The van der Waals surface area contributed by atoms with E-state index >= 15 is 0 Å².